The summed E-state index contributed by atoms with van der Waals surface area (Å²) in [6.07, 6.45) is 3.19. The van der Waals surface area contributed by atoms with Gasteiger partial charge in [-0.2, -0.15) is 0 Å². The number of nitrogens with zero attached hydrogens (tertiary/aromatic N) is 2. The molecule has 15 nitrogen and oxygen atoms in total. The highest BCUT2D eigenvalue weighted by molar-refractivity contribution is 5.95. The number of aromatic amines is 1. The Morgan fingerprint density at radius 2 is 1.46 bits per heavy atom. The third kappa shape index (κ3) is 10.6. The van der Waals surface area contributed by atoms with E-state index < -0.39 is 47.8 Å². The van der Waals surface area contributed by atoms with Gasteiger partial charge in [-0.15, -0.1) is 0 Å². The average molecular weight is 635 g/mol. The molecule has 0 fully saturated rings. The summed E-state index contributed by atoms with van der Waals surface area (Å²) in [4.78, 5) is 63.6. The van der Waals surface area contributed by atoms with Gasteiger partial charge in [0, 0.05) is 37.7 Å². The molecule has 3 rings (SSSR count). The van der Waals surface area contributed by atoms with Crippen molar-refractivity contribution in [2.45, 2.75) is 63.7 Å². The standard InChI is InChI=1S/C31H42N10O5/c1-17-10-21(42)11-18(2)22(17)14-26(40-28(44)23(32)8-9-37-31(34)35)30(46)41-25(13-20-15-36-16-38-20)29(45)39-24(27(33)43)12-19-6-4-3-5-7-19/h3-7,10-11,15-16,23-26,42H,8-9,12-14,32H2,1-2H3,(H2,33,43)(H,36,38)(H,39,45)(H,40,44)(H,41,46)(H4,34,35,37)/t23-,24+,25+,26+/m1/s1. The zero-order valence-corrected chi connectivity index (χ0v) is 25.8. The lowest BCUT2D eigenvalue weighted by Crippen LogP contribution is -2.58. The van der Waals surface area contributed by atoms with Gasteiger partial charge in [0.15, 0.2) is 5.96 Å². The molecule has 3 aromatic rings. The van der Waals surface area contributed by atoms with Crippen LogP contribution in [0.25, 0.3) is 0 Å². The molecule has 0 spiro atoms. The Balaban J connectivity index is 1.87. The SMILES string of the molecule is Cc1cc(O)cc(C)c1C[C@H](NC(=O)[C@H](N)CCN=C(N)N)C(=O)N[C@@H](Cc1cnc[nH]1)C(=O)N[C@@H](Cc1ccccc1)C(N)=O. The number of nitrogens with two attached hydrogens (primary N) is 4. The van der Waals surface area contributed by atoms with Gasteiger partial charge >= 0.3 is 0 Å². The molecule has 0 radical (unpaired) electrons. The molecule has 0 saturated heterocycles. The van der Waals surface area contributed by atoms with Gasteiger partial charge in [0.1, 0.15) is 23.9 Å². The van der Waals surface area contributed by atoms with Crippen LogP contribution in [0.15, 0.2) is 60.0 Å². The van der Waals surface area contributed by atoms with Crippen molar-refractivity contribution in [2.24, 2.45) is 27.9 Å². The summed E-state index contributed by atoms with van der Waals surface area (Å²) in [5.41, 5.74) is 25.8. The number of carbonyl (C=O) groups is 4. The molecule has 4 atom stereocenters. The summed E-state index contributed by atoms with van der Waals surface area (Å²) < 4.78 is 0. The molecule has 0 bridgehead atoms. The van der Waals surface area contributed by atoms with E-state index in [0.717, 1.165) is 5.56 Å². The first kappa shape index (κ1) is 35.0. The van der Waals surface area contributed by atoms with Gasteiger partial charge in [0.25, 0.3) is 0 Å². The van der Waals surface area contributed by atoms with Gasteiger partial charge < -0.3 is 49.0 Å². The molecule has 1 aromatic heterocycles. The number of hydrogen-bond acceptors (Lipinski definition) is 8. The summed E-state index contributed by atoms with van der Waals surface area (Å²) >= 11 is 0. The van der Waals surface area contributed by atoms with Crippen LogP contribution in [0.2, 0.25) is 0 Å². The number of primary amides is 1. The highest BCUT2D eigenvalue weighted by atomic mass is 16.3. The number of aliphatic imine (C=N–C) groups is 1. The minimum atomic E-state index is -1.19. The molecule has 46 heavy (non-hydrogen) atoms. The first-order valence-electron chi connectivity index (χ1n) is 14.7. The third-order valence-corrected chi connectivity index (χ3v) is 7.35. The summed E-state index contributed by atoms with van der Waals surface area (Å²) in [5.74, 6) is -2.82. The van der Waals surface area contributed by atoms with Crippen molar-refractivity contribution < 1.29 is 24.3 Å². The van der Waals surface area contributed by atoms with Gasteiger partial charge in [-0.3, -0.25) is 24.2 Å². The van der Waals surface area contributed by atoms with Crippen LogP contribution >= 0.6 is 0 Å². The summed E-state index contributed by atoms with van der Waals surface area (Å²) in [6, 6.07) is 7.64. The highest BCUT2D eigenvalue weighted by Gasteiger charge is 2.31. The van der Waals surface area contributed by atoms with Crippen LogP contribution in [0, 0.1) is 13.8 Å². The smallest absolute Gasteiger partial charge is 0.243 e. The number of aryl methyl sites for hydroxylation is 2. The van der Waals surface area contributed by atoms with E-state index in [1.54, 1.807) is 50.2 Å². The van der Waals surface area contributed by atoms with Gasteiger partial charge in [0.2, 0.25) is 23.6 Å². The number of benzene rings is 2. The molecule has 0 unspecified atom stereocenters. The molecule has 1 heterocycles. The minimum absolute atomic E-state index is 0.00957. The highest BCUT2D eigenvalue weighted by Crippen LogP contribution is 2.22. The van der Waals surface area contributed by atoms with Crippen LogP contribution in [0.3, 0.4) is 0 Å². The molecular formula is C31H42N10O5. The maximum absolute atomic E-state index is 13.9. The number of phenols is 1. The molecule has 13 N–H and O–H groups in total. The lowest BCUT2D eigenvalue weighted by atomic mass is 9.95. The minimum Gasteiger partial charge on any atom is -0.508 e. The van der Waals surface area contributed by atoms with E-state index in [2.05, 4.69) is 30.9 Å². The van der Waals surface area contributed by atoms with Crippen LogP contribution in [-0.4, -0.2) is 75.4 Å². The van der Waals surface area contributed by atoms with Gasteiger partial charge in [-0.25, -0.2) is 4.98 Å². The van der Waals surface area contributed by atoms with Gasteiger partial charge in [-0.1, -0.05) is 30.3 Å². The third-order valence-electron chi connectivity index (χ3n) is 7.35. The van der Waals surface area contributed by atoms with E-state index in [9.17, 15) is 24.3 Å². The molecule has 4 amide bonds. The van der Waals surface area contributed by atoms with Crippen molar-refractivity contribution >= 4 is 29.6 Å². The van der Waals surface area contributed by atoms with Crippen molar-refractivity contribution in [3.05, 3.63) is 82.9 Å². The van der Waals surface area contributed by atoms with Gasteiger partial charge in [-0.05, 0) is 54.7 Å². The number of guanidine groups is 1. The Morgan fingerprint density at radius 3 is 2.02 bits per heavy atom. The van der Waals surface area contributed by atoms with E-state index in [1.165, 1.54) is 12.5 Å². The number of imidazole rings is 1. The second-order valence-electron chi connectivity index (χ2n) is 11.0. The molecule has 0 aliphatic carbocycles. The van der Waals surface area contributed by atoms with E-state index in [0.29, 0.717) is 22.4 Å². The number of carbonyl (C=O) groups excluding carboxylic acids is 4. The van der Waals surface area contributed by atoms with Crippen LogP contribution in [0.1, 0.15) is 34.4 Å². The fraction of sp³-hybridized carbons (Fsp3) is 0.355. The van der Waals surface area contributed by atoms with E-state index in [4.69, 9.17) is 22.9 Å². The fourth-order valence-electron chi connectivity index (χ4n) is 4.89. The first-order valence-corrected chi connectivity index (χ1v) is 14.7. The van der Waals surface area contributed by atoms with Crippen LogP contribution < -0.4 is 38.9 Å². The average Bonchev–Trinajstić information content (AvgIpc) is 3.50. The molecule has 246 valence electrons. The zero-order chi connectivity index (χ0) is 33.8. The van der Waals surface area contributed by atoms with Crippen LogP contribution in [-0.2, 0) is 38.4 Å². The van der Waals surface area contributed by atoms with E-state index in [1.807, 2.05) is 6.07 Å². The van der Waals surface area contributed by atoms with Crippen molar-refractivity contribution in [1.82, 2.24) is 25.9 Å². The number of aromatic nitrogens is 2. The van der Waals surface area contributed by atoms with E-state index in [-0.39, 0.29) is 43.9 Å². The van der Waals surface area contributed by atoms with Crippen molar-refractivity contribution in [3.8, 4) is 5.75 Å². The quantitative estimate of drug-likeness (QED) is 0.0667. The Hall–Kier alpha value is -5.44. The number of H-pyrrole nitrogens is 1. The second kappa shape index (κ2) is 16.6. The number of phenolic OH excluding ortho intramolecular Hbond substituents is 1. The molecule has 0 aliphatic heterocycles. The zero-order valence-electron chi connectivity index (χ0n) is 25.8. The fourth-order valence-corrected chi connectivity index (χ4v) is 4.89. The second-order valence-corrected chi connectivity index (χ2v) is 11.0. The Kier molecular flexibility index (Phi) is 12.6. The first-order chi connectivity index (χ1) is 21.8. The molecular weight excluding hydrogens is 592 g/mol. The molecule has 0 aliphatic rings. The monoisotopic (exact) mass is 634 g/mol. The Labute approximate surface area is 266 Å². The van der Waals surface area contributed by atoms with Crippen molar-refractivity contribution in [1.29, 1.82) is 0 Å². The topological polar surface area (TPSA) is 270 Å². The summed E-state index contributed by atoms with van der Waals surface area (Å²) in [6.45, 7) is 3.64. The maximum atomic E-state index is 13.9. The van der Waals surface area contributed by atoms with Gasteiger partial charge in [0.05, 0.1) is 12.4 Å². The maximum Gasteiger partial charge on any atom is 0.243 e. The Morgan fingerprint density at radius 1 is 0.870 bits per heavy atom. The van der Waals surface area contributed by atoms with E-state index >= 15 is 0 Å². The van der Waals surface area contributed by atoms with Crippen LogP contribution in [0.5, 0.6) is 5.75 Å². The number of hydrogen-bond donors (Lipinski definition) is 9. The normalized spacial score (nSPS) is 13.5. The lowest BCUT2D eigenvalue weighted by Gasteiger charge is -2.26. The molecule has 15 heteroatoms. The van der Waals surface area contributed by atoms with Crippen molar-refractivity contribution in [2.75, 3.05) is 6.54 Å². The number of rotatable bonds is 16. The number of amides is 4. The summed E-state index contributed by atoms with van der Waals surface area (Å²) in [5, 5.41) is 18.1. The largest absolute Gasteiger partial charge is 0.508 e. The number of nitrogens with one attached hydrogen (secondary N) is 4. The predicted molar refractivity (Wildman–Crippen MR) is 172 cm³/mol. The molecule has 0 saturated carbocycles. The van der Waals surface area contributed by atoms with Crippen LogP contribution in [0.4, 0.5) is 0 Å². The molecule has 2 aromatic carbocycles. The Bertz CT molecular complexity index is 1500. The van der Waals surface area contributed by atoms with Crippen molar-refractivity contribution in [3.63, 3.8) is 0 Å². The predicted octanol–water partition coefficient (Wildman–Crippen LogP) is -1.31. The number of aromatic hydroxyl groups is 1. The summed E-state index contributed by atoms with van der Waals surface area (Å²) in [7, 11) is 0. The lowest BCUT2D eigenvalue weighted by molar-refractivity contribution is -0.133.